The highest BCUT2D eigenvalue weighted by Gasteiger charge is 2.29. The molecule has 2 aromatic heterocycles. The maximum atomic E-state index is 13.4. The van der Waals surface area contributed by atoms with Crippen molar-refractivity contribution in [1.29, 1.82) is 0 Å². The van der Waals surface area contributed by atoms with E-state index in [4.69, 9.17) is 4.74 Å². The van der Waals surface area contributed by atoms with Crippen LogP contribution in [-0.2, 0) is 9.84 Å². The molecule has 238 valence electrons. The lowest BCUT2D eigenvalue weighted by Gasteiger charge is -2.40. The van der Waals surface area contributed by atoms with E-state index < -0.39 is 15.1 Å². The Hall–Kier alpha value is -4.23. The molecule has 2 aliphatic rings. The van der Waals surface area contributed by atoms with Crippen molar-refractivity contribution in [3.8, 4) is 5.75 Å². The minimum Gasteiger partial charge on any atom is -0.495 e. The van der Waals surface area contributed by atoms with E-state index in [-0.39, 0.29) is 16.8 Å². The zero-order valence-corrected chi connectivity index (χ0v) is 26.7. The summed E-state index contributed by atoms with van der Waals surface area (Å²) < 4.78 is 31.8. The first-order valence-corrected chi connectivity index (χ1v) is 17.1. The van der Waals surface area contributed by atoms with Crippen LogP contribution >= 0.6 is 0 Å². The van der Waals surface area contributed by atoms with Crippen LogP contribution in [0.2, 0.25) is 0 Å². The number of rotatable bonds is 9. The van der Waals surface area contributed by atoms with Crippen LogP contribution in [0.4, 0.5) is 23.1 Å². The van der Waals surface area contributed by atoms with Crippen molar-refractivity contribution in [2.75, 3.05) is 43.9 Å². The van der Waals surface area contributed by atoms with Gasteiger partial charge in [0.2, 0.25) is 5.95 Å². The predicted octanol–water partition coefficient (Wildman–Crippen LogP) is 5.12. The highest BCUT2D eigenvalue weighted by Crippen LogP contribution is 2.33. The monoisotopic (exact) mass is 632 g/mol. The molecule has 1 amide bonds. The number of amides is 1. The van der Waals surface area contributed by atoms with Crippen molar-refractivity contribution in [2.45, 2.75) is 62.1 Å². The van der Waals surface area contributed by atoms with Crippen molar-refractivity contribution < 1.29 is 17.9 Å². The second-order valence-electron chi connectivity index (χ2n) is 11.9. The number of aromatic nitrogens is 4. The van der Waals surface area contributed by atoms with E-state index >= 15 is 0 Å². The van der Waals surface area contributed by atoms with Crippen molar-refractivity contribution in [3.05, 3.63) is 54.4 Å². The summed E-state index contributed by atoms with van der Waals surface area (Å²) in [6.45, 7) is 7.14. The second-order valence-corrected chi connectivity index (χ2v) is 14.3. The van der Waals surface area contributed by atoms with Gasteiger partial charge in [0.15, 0.2) is 26.8 Å². The summed E-state index contributed by atoms with van der Waals surface area (Å²) in [7, 11) is -2.01. The Morgan fingerprint density at radius 2 is 1.73 bits per heavy atom. The molecule has 12 nitrogen and oxygen atoms in total. The maximum absolute atomic E-state index is 13.4. The van der Waals surface area contributed by atoms with E-state index in [0.717, 1.165) is 25.9 Å². The zero-order chi connectivity index (χ0) is 31.6. The maximum Gasteiger partial charge on any atom is 0.253 e. The van der Waals surface area contributed by atoms with Crippen molar-refractivity contribution >= 4 is 50.0 Å². The first kappa shape index (κ1) is 30.8. The topological polar surface area (TPSA) is 145 Å². The number of carbonyl (C=O) groups is 1. The summed E-state index contributed by atoms with van der Waals surface area (Å²) in [5, 5.41) is 5.77. The predicted molar refractivity (Wildman–Crippen MR) is 174 cm³/mol. The smallest absolute Gasteiger partial charge is 0.253 e. The standard InChI is InChI=1S/C32H40N8O4S/c1-21(2)45(42,43)27-10-6-5-9-25(27)35-30-28-29(34-20-33-28)37-32(38-30)36-24-12-11-22(19-26(24)44-3)31(41)40-17-13-23(14-18-40)39-15-7-4-8-16-39/h5-6,9-12,19-21,23H,4,7-8,13-18H2,1-3H3,(H3,33,34,35,36,37,38). The van der Waals surface area contributed by atoms with Crippen LogP contribution in [0.25, 0.3) is 11.2 Å². The molecule has 0 spiro atoms. The first-order chi connectivity index (χ1) is 21.7. The van der Waals surface area contributed by atoms with Gasteiger partial charge in [-0.3, -0.25) is 4.79 Å². The third-order valence-electron chi connectivity index (χ3n) is 8.70. The number of hydrogen-bond acceptors (Lipinski definition) is 10. The van der Waals surface area contributed by atoms with Gasteiger partial charge < -0.3 is 30.2 Å². The van der Waals surface area contributed by atoms with Crippen molar-refractivity contribution in [3.63, 3.8) is 0 Å². The van der Waals surface area contributed by atoms with Gasteiger partial charge in [-0.2, -0.15) is 9.97 Å². The third kappa shape index (κ3) is 6.45. The molecule has 4 aromatic rings. The second kappa shape index (κ2) is 13.0. The number of methoxy groups -OCH3 is 1. The molecule has 0 aliphatic carbocycles. The molecule has 13 heteroatoms. The van der Waals surface area contributed by atoms with Crippen LogP contribution in [0.5, 0.6) is 5.75 Å². The number of fused-ring (bicyclic) bond motifs is 1. The number of nitrogens with zero attached hydrogens (tertiary/aromatic N) is 5. The van der Waals surface area contributed by atoms with Crippen molar-refractivity contribution in [1.82, 2.24) is 29.7 Å². The number of aromatic amines is 1. The SMILES string of the molecule is COc1cc(C(=O)N2CCC(N3CCCCC3)CC2)ccc1Nc1nc(Nc2ccccc2S(=O)(=O)C(C)C)c2nc[nH]c2n1. The number of H-pyrrole nitrogens is 1. The zero-order valence-electron chi connectivity index (χ0n) is 25.9. The van der Waals surface area contributed by atoms with Gasteiger partial charge in [-0.25, -0.2) is 13.4 Å². The van der Waals surface area contributed by atoms with Gasteiger partial charge in [-0.1, -0.05) is 18.6 Å². The number of para-hydroxylation sites is 1. The molecule has 0 radical (unpaired) electrons. The van der Waals surface area contributed by atoms with Crippen LogP contribution in [0.15, 0.2) is 53.7 Å². The van der Waals surface area contributed by atoms with E-state index in [1.54, 1.807) is 63.4 Å². The number of ether oxygens (including phenoxy) is 1. The minimum absolute atomic E-state index is 0.00595. The van der Waals surface area contributed by atoms with E-state index in [2.05, 4.69) is 35.5 Å². The number of anilines is 4. The number of nitrogens with one attached hydrogen (secondary N) is 3. The highest BCUT2D eigenvalue weighted by molar-refractivity contribution is 7.92. The number of hydrogen-bond donors (Lipinski definition) is 3. The Morgan fingerprint density at radius 1 is 0.978 bits per heavy atom. The van der Waals surface area contributed by atoms with E-state index in [1.807, 2.05) is 4.90 Å². The average Bonchev–Trinajstić information content (AvgIpc) is 3.54. The molecule has 2 aliphatic heterocycles. The van der Waals surface area contributed by atoms with Gasteiger partial charge >= 0.3 is 0 Å². The summed E-state index contributed by atoms with van der Waals surface area (Å²) in [5.74, 6) is 1.03. The third-order valence-corrected chi connectivity index (χ3v) is 10.9. The molecule has 4 heterocycles. The first-order valence-electron chi connectivity index (χ1n) is 15.5. The summed E-state index contributed by atoms with van der Waals surface area (Å²) in [6, 6.07) is 12.6. The van der Waals surface area contributed by atoms with Crippen LogP contribution in [0, 0.1) is 0 Å². The molecule has 2 aromatic carbocycles. The lowest BCUT2D eigenvalue weighted by molar-refractivity contribution is 0.0589. The minimum atomic E-state index is -3.56. The fourth-order valence-corrected chi connectivity index (χ4v) is 7.33. The number of sulfone groups is 1. The molecule has 2 fully saturated rings. The Balaban J connectivity index is 1.21. The Morgan fingerprint density at radius 3 is 2.47 bits per heavy atom. The highest BCUT2D eigenvalue weighted by atomic mass is 32.2. The molecule has 0 saturated carbocycles. The lowest BCUT2D eigenvalue weighted by Crippen LogP contribution is -2.48. The number of likely N-dealkylation sites (tertiary alicyclic amines) is 2. The Labute approximate surface area is 263 Å². The molecule has 0 unspecified atom stereocenters. The van der Waals surface area contributed by atoms with Crippen LogP contribution in [-0.4, -0.2) is 88.6 Å². The lowest BCUT2D eigenvalue weighted by atomic mass is 9.99. The molecule has 3 N–H and O–H groups in total. The van der Waals surface area contributed by atoms with Crippen molar-refractivity contribution in [2.24, 2.45) is 0 Å². The summed E-state index contributed by atoms with van der Waals surface area (Å²) >= 11 is 0. The Bertz CT molecular complexity index is 1780. The van der Waals surface area contributed by atoms with Gasteiger partial charge in [0.1, 0.15) is 5.75 Å². The number of imidazole rings is 1. The van der Waals surface area contributed by atoms with Crippen LogP contribution in [0.1, 0.15) is 56.3 Å². The molecule has 6 rings (SSSR count). The summed E-state index contributed by atoms with van der Waals surface area (Å²) in [6.07, 6.45) is 7.37. The number of carbonyl (C=O) groups excluding carboxylic acids is 1. The fourth-order valence-electron chi connectivity index (χ4n) is 6.13. The summed E-state index contributed by atoms with van der Waals surface area (Å²) in [5.41, 5.74) is 2.43. The number of benzene rings is 2. The Kier molecular flexibility index (Phi) is 8.90. The molecule has 2 saturated heterocycles. The van der Waals surface area contributed by atoms with E-state index in [0.29, 0.717) is 45.7 Å². The van der Waals surface area contributed by atoms with Gasteiger partial charge in [0, 0.05) is 24.7 Å². The van der Waals surface area contributed by atoms with Gasteiger partial charge in [-0.15, -0.1) is 0 Å². The quantitative estimate of drug-likeness (QED) is 0.227. The normalized spacial score (nSPS) is 16.7. The van der Waals surface area contributed by atoms with E-state index in [9.17, 15) is 13.2 Å². The molecular formula is C32H40N8O4S. The van der Waals surface area contributed by atoms with Gasteiger partial charge in [0.05, 0.1) is 35.0 Å². The molecule has 0 bridgehead atoms. The molecule has 0 atom stereocenters. The number of piperidine rings is 2. The van der Waals surface area contributed by atoms with Crippen LogP contribution in [0.3, 0.4) is 0 Å². The van der Waals surface area contributed by atoms with Gasteiger partial charge in [0.25, 0.3) is 5.91 Å². The van der Waals surface area contributed by atoms with Gasteiger partial charge in [-0.05, 0) is 83.0 Å². The largest absolute Gasteiger partial charge is 0.495 e. The molecule has 45 heavy (non-hydrogen) atoms. The summed E-state index contributed by atoms with van der Waals surface area (Å²) in [4.78, 5) is 34.7. The fraction of sp³-hybridized carbons (Fsp3) is 0.438. The molecular weight excluding hydrogens is 592 g/mol. The van der Waals surface area contributed by atoms with E-state index in [1.165, 1.54) is 38.7 Å². The average molecular weight is 633 g/mol. The van der Waals surface area contributed by atoms with Crippen LogP contribution < -0.4 is 15.4 Å².